The maximum Gasteiger partial charge on any atom is 0.179 e. The van der Waals surface area contributed by atoms with Gasteiger partial charge in [-0.15, -0.1) is 0 Å². The number of aryl methyl sites for hydroxylation is 3. The zero-order chi connectivity index (χ0) is 24.1. The van der Waals surface area contributed by atoms with Gasteiger partial charge in [0.2, 0.25) is 0 Å². The van der Waals surface area contributed by atoms with E-state index in [1.54, 1.807) is 6.07 Å². The van der Waals surface area contributed by atoms with Crippen LogP contribution in [0.4, 0.5) is 4.39 Å². The average molecular weight is 451 g/mol. The summed E-state index contributed by atoms with van der Waals surface area (Å²) in [6.07, 6.45) is 2.97. The fourth-order valence-electron chi connectivity index (χ4n) is 4.37. The molecule has 2 aromatic carbocycles. The molecule has 0 spiro atoms. The quantitative estimate of drug-likeness (QED) is 0.343. The summed E-state index contributed by atoms with van der Waals surface area (Å²) in [5.74, 6) is 0.915. The fraction of sp³-hybridized carbons (Fsp3) is 0.393. The van der Waals surface area contributed by atoms with E-state index in [1.165, 1.54) is 11.1 Å². The Morgan fingerprint density at radius 1 is 1.18 bits per heavy atom. The summed E-state index contributed by atoms with van der Waals surface area (Å²) in [5, 5.41) is 18.1. The Morgan fingerprint density at radius 2 is 1.94 bits per heavy atom. The molecule has 0 bridgehead atoms. The van der Waals surface area contributed by atoms with E-state index in [4.69, 9.17) is 4.52 Å². The number of phenols is 1. The van der Waals surface area contributed by atoms with Crippen LogP contribution < -0.4 is 5.32 Å². The summed E-state index contributed by atoms with van der Waals surface area (Å²) in [6, 6.07) is 10.1. The van der Waals surface area contributed by atoms with Crippen LogP contribution in [0.5, 0.6) is 5.75 Å². The Bertz CT molecular complexity index is 1130. The van der Waals surface area contributed by atoms with Crippen molar-refractivity contribution in [1.82, 2.24) is 10.5 Å². The Hall–Kier alpha value is -3.08. The largest absolute Gasteiger partial charge is 0.507 e. The molecule has 3 rings (SSSR count). The van der Waals surface area contributed by atoms with E-state index in [9.17, 15) is 9.50 Å². The summed E-state index contributed by atoms with van der Waals surface area (Å²) in [5.41, 5.74) is 8.06. The number of nitrogens with zero attached hydrogens (tertiary/aromatic N) is 1. The van der Waals surface area contributed by atoms with Crippen LogP contribution in [0.25, 0.3) is 28.1 Å². The SMILES string of the molecule is C=C(NCCF)c1noc(-c2cc(C(C)C)c(C)cc2O)c1-c1ccc(CC)c(CCC)c1. The lowest BCUT2D eigenvalue weighted by molar-refractivity contribution is 0.423. The van der Waals surface area contributed by atoms with Gasteiger partial charge in [0, 0.05) is 6.54 Å². The number of rotatable bonds is 10. The van der Waals surface area contributed by atoms with Crippen LogP contribution in [0.15, 0.2) is 41.4 Å². The minimum atomic E-state index is -0.512. The third kappa shape index (κ3) is 5.13. The van der Waals surface area contributed by atoms with Crippen molar-refractivity contribution in [3.05, 3.63) is 64.9 Å². The van der Waals surface area contributed by atoms with Crippen molar-refractivity contribution in [2.24, 2.45) is 0 Å². The minimum Gasteiger partial charge on any atom is -0.507 e. The van der Waals surface area contributed by atoms with E-state index in [1.807, 2.05) is 13.0 Å². The lowest BCUT2D eigenvalue weighted by atomic mass is 9.90. The second-order valence-corrected chi connectivity index (χ2v) is 8.80. The first-order valence-electron chi connectivity index (χ1n) is 11.8. The lowest BCUT2D eigenvalue weighted by Crippen LogP contribution is -2.15. The van der Waals surface area contributed by atoms with Crippen molar-refractivity contribution >= 4 is 5.70 Å². The van der Waals surface area contributed by atoms with Gasteiger partial charge in [-0.05, 0) is 65.6 Å². The molecule has 1 aromatic heterocycles. The van der Waals surface area contributed by atoms with Crippen LogP contribution in [-0.2, 0) is 12.8 Å². The van der Waals surface area contributed by atoms with E-state index in [0.717, 1.165) is 41.5 Å². The summed E-state index contributed by atoms with van der Waals surface area (Å²) in [7, 11) is 0. The third-order valence-corrected chi connectivity index (χ3v) is 6.06. The van der Waals surface area contributed by atoms with Crippen LogP contribution >= 0.6 is 0 Å². The van der Waals surface area contributed by atoms with E-state index in [0.29, 0.717) is 22.7 Å². The highest BCUT2D eigenvalue weighted by molar-refractivity contribution is 5.89. The van der Waals surface area contributed by atoms with Crippen LogP contribution in [0.3, 0.4) is 0 Å². The van der Waals surface area contributed by atoms with Crippen molar-refractivity contribution < 1.29 is 14.0 Å². The Balaban J connectivity index is 2.26. The summed E-state index contributed by atoms with van der Waals surface area (Å²) < 4.78 is 18.7. The van der Waals surface area contributed by atoms with Gasteiger partial charge in [0.25, 0.3) is 0 Å². The molecule has 0 amide bonds. The van der Waals surface area contributed by atoms with Gasteiger partial charge in [0.1, 0.15) is 18.1 Å². The molecule has 0 aliphatic rings. The molecule has 0 aliphatic carbocycles. The number of alkyl halides is 1. The number of hydrogen-bond donors (Lipinski definition) is 2. The molecule has 0 saturated heterocycles. The monoisotopic (exact) mass is 450 g/mol. The van der Waals surface area contributed by atoms with Gasteiger partial charge < -0.3 is 14.9 Å². The van der Waals surface area contributed by atoms with Crippen molar-refractivity contribution in [1.29, 1.82) is 0 Å². The second-order valence-electron chi connectivity index (χ2n) is 8.80. The van der Waals surface area contributed by atoms with Crippen LogP contribution in [0.2, 0.25) is 0 Å². The zero-order valence-electron chi connectivity index (χ0n) is 20.4. The number of benzene rings is 2. The molecule has 2 N–H and O–H groups in total. The Labute approximate surface area is 196 Å². The highest BCUT2D eigenvalue weighted by Gasteiger charge is 2.25. The maximum absolute atomic E-state index is 12.8. The number of aromatic nitrogens is 1. The van der Waals surface area contributed by atoms with Gasteiger partial charge >= 0.3 is 0 Å². The molecular formula is C28H35FN2O2. The molecule has 3 aromatic rings. The van der Waals surface area contributed by atoms with E-state index in [-0.39, 0.29) is 18.2 Å². The topological polar surface area (TPSA) is 58.3 Å². The molecule has 5 heteroatoms. The van der Waals surface area contributed by atoms with Crippen molar-refractivity contribution in [2.45, 2.75) is 59.8 Å². The van der Waals surface area contributed by atoms with Crippen molar-refractivity contribution in [2.75, 3.05) is 13.2 Å². The van der Waals surface area contributed by atoms with Gasteiger partial charge in [-0.25, -0.2) is 4.39 Å². The summed E-state index contributed by atoms with van der Waals surface area (Å²) in [4.78, 5) is 0. The first-order chi connectivity index (χ1) is 15.8. The van der Waals surface area contributed by atoms with Crippen LogP contribution in [-0.4, -0.2) is 23.5 Å². The Morgan fingerprint density at radius 3 is 2.58 bits per heavy atom. The molecule has 4 nitrogen and oxygen atoms in total. The number of nitrogens with one attached hydrogen (secondary N) is 1. The molecule has 0 atom stereocenters. The predicted octanol–water partition coefficient (Wildman–Crippen LogP) is 7.19. The molecular weight excluding hydrogens is 415 g/mol. The van der Waals surface area contributed by atoms with Gasteiger partial charge in [-0.1, -0.05) is 64.1 Å². The minimum absolute atomic E-state index is 0.141. The first-order valence-corrected chi connectivity index (χ1v) is 11.8. The fourth-order valence-corrected chi connectivity index (χ4v) is 4.37. The van der Waals surface area contributed by atoms with Crippen molar-refractivity contribution in [3.8, 4) is 28.2 Å². The van der Waals surface area contributed by atoms with E-state index >= 15 is 0 Å². The third-order valence-electron chi connectivity index (χ3n) is 6.06. The normalized spacial score (nSPS) is 11.2. The van der Waals surface area contributed by atoms with Crippen LogP contribution in [0, 0.1) is 6.92 Å². The van der Waals surface area contributed by atoms with E-state index in [2.05, 4.69) is 62.9 Å². The predicted molar refractivity (Wildman–Crippen MR) is 134 cm³/mol. The molecule has 176 valence electrons. The lowest BCUT2D eigenvalue weighted by Gasteiger charge is -2.15. The maximum atomic E-state index is 12.8. The molecule has 0 radical (unpaired) electrons. The number of phenolic OH excluding ortho intramolecular Hbond substituents is 1. The number of hydrogen-bond acceptors (Lipinski definition) is 4. The van der Waals surface area contributed by atoms with Gasteiger partial charge in [-0.3, -0.25) is 0 Å². The number of halogens is 1. The highest BCUT2D eigenvalue weighted by atomic mass is 19.1. The average Bonchev–Trinajstić information content (AvgIpc) is 3.22. The Kier molecular flexibility index (Phi) is 7.96. The van der Waals surface area contributed by atoms with Crippen molar-refractivity contribution in [3.63, 3.8) is 0 Å². The summed E-state index contributed by atoms with van der Waals surface area (Å²) in [6.45, 7) is 14.3. The molecule has 33 heavy (non-hydrogen) atoms. The summed E-state index contributed by atoms with van der Waals surface area (Å²) >= 11 is 0. The van der Waals surface area contributed by atoms with Gasteiger partial charge in [0.15, 0.2) is 5.76 Å². The molecule has 0 aliphatic heterocycles. The van der Waals surface area contributed by atoms with Gasteiger partial charge in [0.05, 0.1) is 16.8 Å². The molecule has 0 unspecified atom stereocenters. The molecule has 0 fully saturated rings. The van der Waals surface area contributed by atoms with Gasteiger partial charge in [-0.2, -0.15) is 0 Å². The molecule has 1 heterocycles. The number of aromatic hydroxyl groups is 1. The van der Waals surface area contributed by atoms with E-state index < -0.39 is 6.67 Å². The first kappa shape index (κ1) is 24.6. The smallest absolute Gasteiger partial charge is 0.179 e. The van der Waals surface area contributed by atoms with Crippen LogP contribution in [0.1, 0.15) is 68.0 Å². The zero-order valence-corrected chi connectivity index (χ0v) is 20.4. The second kappa shape index (κ2) is 10.7. The molecule has 0 saturated carbocycles. The standard InChI is InChI=1S/C28H35FN2O2/c1-7-9-21-15-22(11-10-20(21)8-2)26-27(19(6)30-13-12-29)31-33-28(26)24-16-23(17(3)4)18(5)14-25(24)32/h10-11,14-17,30,32H,6-9,12-13H2,1-5H3. The highest BCUT2D eigenvalue weighted by Crippen LogP contribution is 2.43.